The van der Waals surface area contributed by atoms with Crippen LogP contribution >= 0.6 is 23.1 Å². The number of carbonyl (C=O) groups excluding carboxylic acids is 1. The lowest BCUT2D eigenvalue weighted by Crippen LogP contribution is -2.46. The molecule has 0 spiro atoms. The first kappa shape index (κ1) is 13.0. The van der Waals surface area contributed by atoms with E-state index >= 15 is 0 Å². The van der Waals surface area contributed by atoms with Gasteiger partial charge in [0.25, 0.3) is 0 Å². The molecule has 2 aliphatic rings. The van der Waals surface area contributed by atoms with E-state index in [4.69, 9.17) is 0 Å². The summed E-state index contributed by atoms with van der Waals surface area (Å²) in [5.74, 6) is 0.0918. The van der Waals surface area contributed by atoms with E-state index in [1.165, 1.54) is 0 Å². The predicted octanol–water partition coefficient (Wildman–Crippen LogP) is 2.06. The monoisotopic (exact) mass is 297 g/mol. The van der Waals surface area contributed by atoms with Gasteiger partial charge < -0.3 is 10.0 Å². The summed E-state index contributed by atoms with van der Waals surface area (Å²) in [7, 11) is 0. The number of aliphatic carboxylic acids is 1. The number of nitrogens with zero attached hydrogens (tertiary/aromatic N) is 1. The van der Waals surface area contributed by atoms with Crippen LogP contribution in [0, 0.1) is 5.92 Å². The molecule has 102 valence electrons. The Kier molecular flexibility index (Phi) is 3.54. The highest BCUT2D eigenvalue weighted by atomic mass is 32.2. The molecule has 6 heteroatoms. The average Bonchev–Trinajstić information content (AvgIpc) is 2.91. The molecule has 4 nitrogen and oxygen atoms in total. The summed E-state index contributed by atoms with van der Waals surface area (Å²) in [5.41, 5.74) is 0.977. The Morgan fingerprint density at radius 2 is 2.21 bits per heavy atom. The Bertz CT molecular complexity index is 484. The SMILES string of the molecule is O=C(O)C1CSC(C2CC2)N1C(=O)Cc1ccsc1. The largest absolute Gasteiger partial charge is 0.480 e. The summed E-state index contributed by atoms with van der Waals surface area (Å²) in [4.78, 5) is 25.4. The van der Waals surface area contributed by atoms with E-state index in [1.807, 2.05) is 16.8 Å². The molecule has 2 fully saturated rings. The van der Waals surface area contributed by atoms with E-state index in [1.54, 1.807) is 28.0 Å². The molecule has 1 N–H and O–H groups in total. The molecule has 0 radical (unpaired) electrons. The van der Waals surface area contributed by atoms with Gasteiger partial charge in [0.05, 0.1) is 11.8 Å². The minimum Gasteiger partial charge on any atom is -0.480 e. The molecule has 0 aromatic carbocycles. The summed E-state index contributed by atoms with van der Waals surface area (Å²) >= 11 is 3.18. The number of rotatable bonds is 4. The standard InChI is InChI=1S/C13H15NO3S2/c15-11(5-8-3-4-18-6-8)14-10(13(16)17)7-19-12(14)9-1-2-9/h3-4,6,9-10,12H,1-2,5,7H2,(H,16,17). The van der Waals surface area contributed by atoms with Gasteiger partial charge in [-0.25, -0.2) is 4.79 Å². The first-order valence-electron chi connectivity index (χ1n) is 6.33. The third kappa shape index (κ3) is 2.65. The van der Waals surface area contributed by atoms with Crippen LogP contribution in [0.2, 0.25) is 0 Å². The van der Waals surface area contributed by atoms with Crippen molar-refractivity contribution < 1.29 is 14.7 Å². The highest BCUT2D eigenvalue weighted by molar-refractivity contribution is 8.00. The maximum atomic E-state index is 12.4. The number of thiophene rings is 1. The maximum Gasteiger partial charge on any atom is 0.327 e. The number of thioether (sulfide) groups is 1. The average molecular weight is 297 g/mol. The lowest BCUT2D eigenvalue weighted by atomic mass is 10.1. The summed E-state index contributed by atoms with van der Waals surface area (Å²) in [6.07, 6.45) is 2.55. The second-order valence-electron chi connectivity index (χ2n) is 5.02. The Labute approximate surface area is 119 Å². The van der Waals surface area contributed by atoms with E-state index in [9.17, 15) is 14.7 Å². The fourth-order valence-electron chi connectivity index (χ4n) is 2.44. The van der Waals surface area contributed by atoms with Gasteiger partial charge in [-0.05, 0) is 41.1 Å². The topological polar surface area (TPSA) is 57.6 Å². The molecule has 1 aliphatic carbocycles. The first-order chi connectivity index (χ1) is 9.16. The molecule has 1 saturated heterocycles. The molecule has 1 saturated carbocycles. The molecule has 1 aliphatic heterocycles. The number of carboxylic acids is 1. The van der Waals surface area contributed by atoms with Gasteiger partial charge >= 0.3 is 5.97 Å². The number of carbonyl (C=O) groups is 2. The molecule has 19 heavy (non-hydrogen) atoms. The van der Waals surface area contributed by atoms with E-state index in [0.717, 1.165) is 18.4 Å². The highest BCUT2D eigenvalue weighted by Gasteiger charge is 2.47. The predicted molar refractivity (Wildman–Crippen MR) is 75.3 cm³/mol. The molecule has 2 atom stereocenters. The van der Waals surface area contributed by atoms with Crippen LogP contribution in [0.15, 0.2) is 16.8 Å². The second-order valence-corrected chi connectivity index (χ2v) is 6.95. The van der Waals surface area contributed by atoms with Gasteiger partial charge in [-0.3, -0.25) is 4.79 Å². The fraction of sp³-hybridized carbons (Fsp3) is 0.538. The normalized spacial score (nSPS) is 26.6. The van der Waals surface area contributed by atoms with Crippen molar-refractivity contribution in [2.24, 2.45) is 5.92 Å². The van der Waals surface area contributed by atoms with Gasteiger partial charge in [-0.15, -0.1) is 11.8 Å². The maximum absolute atomic E-state index is 12.4. The Hall–Kier alpha value is -1.01. The Morgan fingerprint density at radius 3 is 2.79 bits per heavy atom. The van der Waals surface area contributed by atoms with Gasteiger partial charge in [0.15, 0.2) is 0 Å². The minimum atomic E-state index is -0.880. The lowest BCUT2D eigenvalue weighted by Gasteiger charge is -2.27. The third-order valence-electron chi connectivity index (χ3n) is 3.57. The number of hydrogen-bond donors (Lipinski definition) is 1. The van der Waals surface area contributed by atoms with Crippen LogP contribution in [0.25, 0.3) is 0 Å². The van der Waals surface area contributed by atoms with Crippen molar-refractivity contribution in [3.63, 3.8) is 0 Å². The second kappa shape index (κ2) is 5.17. The smallest absolute Gasteiger partial charge is 0.327 e. The third-order valence-corrected chi connectivity index (χ3v) is 5.76. The van der Waals surface area contributed by atoms with Crippen molar-refractivity contribution in [2.45, 2.75) is 30.7 Å². The quantitative estimate of drug-likeness (QED) is 0.924. The summed E-state index contributed by atoms with van der Waals surface area (Å²) in [6, 6.07) is 1.27. The number of hydrogen-bond acceptors (Lipinski definition) is 4. The highest BCUT2D eigenvalue weighted by Crippen LogP contribution is 2.45. The van der Waals surface area contributed by atoms with Crippen LogP contribution < -0.4 is 0 Å². The van der Waals surface area contributed by atoms with Gasteiger partial charge in [0.2, 0.25) is 5.91 Å². The molecular weight excluding hydrogens is 282 g/mol. The zero-order valence-electron chi connectivity index (χ0n) is 10.3. The van der Waals surface area contributed by atoms with Crippen molar-refractivity contribution in [1.82, 2.24) is 4.90 Å². The van der Waals surface area contributed by atoms with E-state index in [0.29, 0.717) is 18.1 Å². The van der Waals surface area contributed by atoms with Crippen LogP contribution in [-0.2, 0) is 16.0 Å². The Balaban J connectivity index is 1.76. The van der Waals surface area contributed by atoms with Gasteiger partial charge in [0, 0.05) is 5.75 Å². The zero-order chi connectivity index (χ0) is 13.4. The minimum absolute atomic E-state index is 0.0484. The molecule has 1 aromatic rings. The van der Waals surface area contributed by atoms with Crippen molar-refractivity contribution >= 4 is 35.0 Å². The molecule has 2 heterocycles. The van der Waals surface area contributed by atoms with Crippen LogP contribution in [0.1, 0.15) is 18.4 Å². The van der Waals surface area contributed by atoms with Crippen molar-refractivity contribution in [1.29, 1.82) is 0 Å². The molecule has 1 aromatic heterocycles. The molecule has 2 unspecified atom stereocenters. The lowest BCUT2D eigenvalue weighted by molar-refractivity contribution is -0.149. The Morgan fingerprint density at radius 1 is 1.42 bits per heavy atom. The van der Waals surface area contributed by atoms with Crippen LogP contribution in [0.5, 0.6) is 0 Å². The fourth-order valence-corrected chi connectivity index (χ4v) is 4.76. The van der Waals surface area contributed by atoms with Crippen LogP contribution in [0.3, 0.4) is 0 Å². The number of carboxylic acid groups (broad SMARTS) is 1. The molecular formula is C13H15NO3S2. The van der Waals surface area contributed by atoms with Crippen molar-refractivity contribution in [3.05, 3.63) is 22.4 Å². The molecule has 0 bridgehead atoms. The van der Waals surface area contributed by atoms with Crippen LogP contribution in [-0.4, -0.2) is 39.1 Å². The van der Waals surface area contributed by atoms with Gasteiger partial charge in [0.1, 0.15) is 6.04 Å². The molecule has 3 rings (SSSR count). The summed E-state index contributed by atoms with van der Waals surface area (Å²) in [5, 5.41) is 13.2. The first-order valence-corrected chi connectivity index (χ1v) is 8.32. The number of amides is 1. The summed E-state index contributed by atoms with van der Waals surface area (Å²) in [6.45, 7) is 0. The van der Waals surface area contributed by atoms with Crippen molar-refractivity contribution in [3.8, 4) is 0 Å². The summed E-state index contributed by atoms with van der Waals surface area (Å²) < 4.78 is 0. The van der Waals surface area contributed by atoms with E-state index in [2.05, 4.69) is 0 Å². The van der Waals surface area contributed by atoms with E-state index < -0.39 is 12.0 Å². The van der Waals surface area contributed by atoms with Crippen molar-refractivity contribution in [2.75, 3.05) is 5.75 Å². The molecule has 1 amide bonds. The van der Waals surface area contributed by atoms with Crippen LogP contribution in [0.4, 0.5) is 0 Å². The van der Waals surface area contributed by atoms with E-state index in [-0.39, 0.29) is 11.3 Å². The van der Waals surface area contributed by atoms with Gasteiger partial charge in [-0.1, -0.05) is 0 Å². The zero-order valence-corrected chi connectivity index (χ0v) is 12.0. The van der Waals surface area contributed by atoms with Gasteiger partial charge in [-0.2, -0.15) is 11.3 Å².